The van der Waals surface area contributed by atoms with Crippen molar-refractivity contribution in [2.75, 3.05) is 12.8 Å². The third kappa shape index (κ3) is 3.50. The number of nitrogens with zero attached hydrogens (tertiary/aromatic N) is 1. The highest BCUT2D eigenvalue weighted by molar-refractivity contribution is 9.10. The summed E-state index contributed by atoms with van der Waals surface area (Å²) in [5.41, 5.74) is 7.09. The zero-order chi connectivity index (χ0) is 13.8. The molecule has 1 saturated carbocycles. The van der Waals surface area contributed by atoms with Crippen LogP contribution in [-0.2, 0) is 0 Å². The quantitative estimate of drug-likeness (QED) is 0.663. The topological polar surface area (TPSA) is 46.3 Å². The number of benzene rings is 1. The minimum atomic E-state index is 0.0388. The van der Waals surface area contributed by atoms with E-state index in [9.17, 15) is 4.79 Å². The number of carbonyl (C=O) groups is 1. The molecule has 2 N–H and O–H groups in total. The van der Waals surface area contributed by atoms with Crippen LogP contribution >= 0.6 is 15.9 Å². The molecular weight excluding hydrogens is 304 g/mol. The fourth-order valence-corrected chi connectivity index (χ4v) is 3.11. The summed E-state index contributed by atoms with van der Waals surface area (Å²) in [4.78, 5) is 14.4. The monoisotopic (exact) mass is 324 g/mol. The van der Waals surface area contributed by atoms with E-state index in [1.165, 1.54) is 25.7 Å². The van der Waals surface area contributed by atoms with Crippen molar-refractivity contribution in [2.45, 2.75) is 44.6 Å². The molecule has 0 spiro atoms. The van der Waals surface area contributed by atoms with Gasteiger partial charge >= 0.3 is 0 Å². The third-order valence-electron chi connectivity index (χ3n) is 3.94. The number of amides is 1. The Morgan fingerprint density at radius 3 is 2.47 bits per heavy atom. The summed E-state index contributed by atoms with van der Waals surface area (Å²) in [7, 11) is 1.90. The number of nitrogen functional groups attached to an aromatic ring is 1. The lowest BCUT2D eigenvalue weighted by Crippen LogP contribution is -2.37. The molecule has 0 saturated heterocycles. The number of nitrogens with two attached hydrogens (primary N) is 1. The molecule has 1 aromatic rings. The van der Waals surface area contributed by atoms with Crippen LogP contribution in [0.3, 0.4) is 0 Å². The van der Waals surface area contributed by atoms with Gasteiger partial charge in [-0.15, -0.1) is 0 Å². The van der Waals surface area contributed by atoms with Crippen molar-refractivity contribution in [1.29, 1.82) is 0 Å². The molecule has 19 heavy (non-hydrogen) atoms. The van der Waals surface area contributed by atoms with Crippen molar-refractivity contribution in [3.05, 3.63) is 28.2 Å². The van der Waals surface area contributed by atoms with Gasteiger partial charge in [-0.2, -0.15) is 0 Å². The van der Waals surface area contributed by atoms with E-state index in [1.807, 2.05) is 18.0 Å². The number of anilines is 1. The smallest absolute Gasteiger partial charge is 0.255 e. The molecule has 0 radical (unpaired) electrons. The summed E-state index contributed by atoms with van der Waals surface area (Å²) in [5.74, 6) is 0.0388. The highest BCUT2D eigenvalue weighted by Crippen LogP contribution is 2.25. The predicted octanol–water partition coefficient (Wildman–Crippen LogP) is 3.83. The molecule has 0 aromatic heterocycles. The van der Waals surface area contributed by atoms with Crippen LogP contribution in [0.5, 0.6) is 0 Å². The van der Waals surface area contributed by atoms with Crippen LogP contribution in [0.2, 0.25) is 0 Å². The Labute approximate surface area is 123 Å². The molecule has 104 valence electrons. The minimum Gasteiger partial charge on any atom is -0.398 e. The van der Waals surface area contributed by atoms with Crippen LogP contribution < -0.4 is 5.73 Å². The zero-order valence-electron chi connectivity index (χ0n) is 11.4. The maximum atomic E-state index is 12.5. The normalized spacial score (nSPS) is 16.9. The van der Waals surface area contributed by atoms with Crippen molar-refractivity contribution < 1.29 is 4.79 Å². The van der Waals surface area contributed by atoms with Gasteiger partial charge in [0.05, 0.1) is 5.56 Å². The van der Waals surface area contributed by atoms with Gasteiger partial charge in [-0.05, 0) is 31.0 Å². The fraction of sp³-hybridized carbons (Fsp3) is 0.533. The molecule has 1 aliphatic rings. The zero-order valence-corrected chi connectivity index (χ0v) is 12.9. The van der Waals surface area contributed by atoms with Gasteiger partial charge in [0.15, 0.2) is 0 Å². The van der Waals surface area contributed by atoms with Crippen molar-refractivity contribution in [2.24, 2.45) is 0 Å². The molecule has 4 heteroatoms. The average molecular weight is 325 g/mol. The van der Waals surface area contributed by atoms with Gasteiger partial charge in [0.25, 0.3) is 5.91 Å². The van der Waals surface area contributed by atoms with E-state index in [4.69, 9.17) is 5.73 Å². The lowest BCUT2D eigenvalue weighted by Gasteiger charge is -2.27. The van der Waals surface area contributed by atoms with Crippen LogP contribution in [0, 0.1) is 0 Å². The highest BCUT2D eigenvalue weighted by atomic mass is 79.9. The molecular formula is C15H21BrN2O. The van der Waals surface area contributed by atoms with Crippen molar-refractivity contribution >= 4 is 27.5 Å². The number of halogens is 1. The largest absolute Gasteiger partial charge is 0.398 e. The number of carbonyl (C=O) groups excluding carboxylic acids is 1. The van der Waals surface area contributed by atoms with E-state index < -0.39 is 0 Å². The van der Waals surface area contributed by atoms with Crippen molar-refractivity contribution in [3.8, 4) is 0 Å². The molecule has 0 aliphatic heterocycles. The summed E-state index contributed by atoms with van der Waals surface area (Å²) in [6, 6.07) is 5.81. The lowest BCUT2D eigenvalue weighted by molar-refractivity contribution is 0.0719. The van der Waals surface area contributed by atoms with Gasteiger partial charge in [0, 0.05) is 23.2 Å². The van der Waals surface area contributed by atoms with Crippen LogP contribution in [-0.4, -0.2) is 23.9 Å². The van der Waals surface area contributed by atoms with Crippen LogP contribution in [0.1, 0.15) is 48.9 Å². The Kier molecular flexibility index (Phi) is 4.86. The van der Waals surface area contributed by atoms with Crippen LogP contribution in [0.4, 0.5) is 5.69 Å². The second kappa shape index (κ2) is 6.42. The summed E-state index contributed by atoms with van der Waals surface area (Å²) in [5, 5.41) is 0. The first kappa shape index (κ1) is 14.4. The standard InChI is InChI=1S/C15H21BrN2O/c1-18(12-6-4-2-3-5-7-12)15(19)13-9-8-11(16)10-14(13)17/h8-10,12H,2-7,17H2,1H3. The lowest BCUT2D eigenvalue weighted by atomic mass is 10.1. The van der Waals surface area contributed by atoms with Gasteiger partial charge in [0.2, 0.25) is 0 Å². The van der Waals surface area contributed by atoms with E-state index in [2.05, 4.69) is 15.9 Å². The average Bonchev–Trinajstić information content (AvgIpc) is 2.66. The van der Waals surface area contributed by atoms with Gasteiger partial charge in [-0.25, -0.2) is 0 Å². The number of hydrogen-bond acceptors (Lipinski definition) is 2. The Morgan fingerprint density at radius 1 is 1.26 bits per heavy atom. The molecule has 1 fully saturated rings. The van der Waals surface area contributed by atoms with Crippen LogP contribution in [0.25, 0.3) is 0 Å². The Balaban J connectivity index is 2.13. The first-order chi connectivity index (χ1) is 9.09. The Bertz CT molecular complexity index is 453. The summed E-state index contributed by atoms with van der Waals surface area (Å²) in [6.45, 7) is 0. The van der Waals surface area contributed by atoms with Crippen LogP contribution in [0.15, 0.2) is 22.7 Å². The third-order valence-corrected chi connectivity index (χ3v) is 4.43. The molecule has 0 unspecified atom stereocenters. The molecule has 1 aromatic carbocycles. The van der Waals surface area contributed by atoms with Gasteiger partial charge in [-0.3, -0.25) is 4.79 Å². The number of rotatable bonds is 2. The van der Waals surface area contributed by atoms with E-state index in [0.29, 0.717) is 17.3 Å². The predicted molar refractivity (Wildman–Crippen MR) is 82.1 cm³/mol. The summed E-state index contributed by atoms with van der Waals surface area (Å²) >= 11 is 3.36. The van der Waals surface area contributed by atoms with Crippen molar-refractivity contribution in [3.63, 3.8) is 0 Å². The molecule has 2 rings (SSSR count). The molecule has 0 atom stereocenters. The molecule has 1 amide bonds. The molecule has 0 heterocycles. The second-order valence-electron chi connectivity index (χ2n) is 5.29. The first-order valence-corrected chi connectivity index (χ1v) is 7.71. The SMILES string of the molecule is CN(C(=O)c1ccc(Br)cc1N)C1CCCCCC1. The van der Waals surface area contributed by atoms with Gasteiger partial charge in [-0.1, -0.05) is 41.6 Å². The first-order valence-electron chi connectivity index (χ1n) is 6.92. The number of hydrogen-bond donors (Lipinski definition) is 1. The van der Waals surface area contributed by atoms with Gasteiger partial charge < -0.3 is 10.6 Å². The fourth-order valence-electron chi connectivity index (χ4n) is 2.73. The molecule has 0 bridgehead atoms. The second-order valence-corrected chi connectivity index (χ2v) is 6.21. The Hall–Kier alpha value is -1.03. The maximum Gasteiger partial charge on any atom is 0.255 e. The van der Waals surface area contributed by atoms with Crippen molar-refractivity contribution in [1.82, 2.24) is 4.90 Å². The summed E-state index contributed by atoms with van der Waals surface area (Å²) < 4.78 is 0.902. The summed E-state index contributed by atoms with van der Waals surface area (Å²) in [6.07, 6.45) is 7.24. The van der Waals surface area contributed by atoms with E-state index in [-0.39, 0.29) is 5.91 Å². The minimum absolute atomic E-state index is 0.0388. The van der Waals surface area contributed by atoms with Gasteiger partial charge in [0.1, 0.15) is 0 Å². The highest BCUT2D eigenvalue weighted by Gasteiger charge is 2.23. The molecule has 1 aliphatic carbocycles. The molecule has 3 nitrogen and oxygen atoms in total. The maximum absolute atomic E-state index is 12.5. The van der Waals surface area contributed by atoms with E-state index in [1.54, 1.807) is 12.1 Å². The Morgan fingerprint density at radius 2 is 1.89 bits per heavy atom. The van der Waals surface area contributed by atoms with E-state index >= 15 is 0 Å². The van der Waals surface area contributed by atoms with E-state index in [0.717, 1.165) is 17.3 Å².